The molecule has 0 amide bonds. The van der Waals surface area contributed by atoms with E-state index in [0.717, 1.165) is 48.8 Å². The molecular weight excluding hydrogens is 352 g/mol. The van der Waals surface area contributed by atoms with Gasteiger partial charge in [-0.1, -0.05) is 12.1 Å². The molecule has 0 fully saturated rings. The van der Waals surface area contributed by atoms with Crippen molar-refractivity contribution < 1.29 is 4.74 Å². The van der Waals surface area contributed by atoms with Crippen LogP contribution in [0, 0.1) is 13.0 Å². The molecule has 4 heterocycles. The van der Waals surface area contributed by atoms with E-state index in [1.165, 1.54) is 11.1 Å². The highest BCUT2D eigenvalue weighted by molar-refractivity contribution is 5.70. The third-order valence-corrected chi connectivity index (χ3v) is 5.17. The summed E-state index contributed by atoms with van der Waals surface area (Å²) in [5, 5.41) is 6.66. The highest BCUT2D eigenvalue weighted by Crippen LogP contribution is 2.36. The Morgan fingerprint density at radius 1 is 1.29 bits per heavy atom. The molecular formula is C21H21N6O. The smallest absolute Gasteiger partial charge is 0.237 e. The molecule has 28 heavy (non-hydrogen) atoms. The van der Waals surface area contributed by atoms with E-state index in [-0.39, 0.29) is 0 Å². The third-order valence-electron chi connectivity index (χ3n) is 5.17. The van der Waals surface area contributed by atoms with Gasteiger partial charge in [0.2, 0.25) is 11.8 Å². The molecule has 2 aromatic heterocycles. The van der Waals surface area contributed by atoms with Crippen LogP contribution in [0.4, 0.5) is 23.0 Å². The number of hydrogen-bond acceptors (Lipinski definition) is 7. The number of anilines is 4. The lowest BCUT2D eigenvalue weighted by Gasteiger charge is -2.32. The lowest BCUT2D eigenvalue weighted by atomic mass is 10.0. The molecule has 2 aliphatic rings. The van der Waals surface area contributed by atoms with Crippen molar-refractivity contribution in [2.24, 2.45) is 0 Å². The van der Waals surface area contributed by atoms with Gasteiger partial charge in [0.15, 0.2) is 0 Å². The van der Waals surface area contributed by atoms with Gasteiger partial charge in [0.25, 0.3) is 0 Å². The zero-order valence-corrected chi connectivity index (χ0v) is 15.7. The molecule has 0 saturated heterocycles. The minimum absolute atomic E-state index is 0.607. The molecule has 0 saturated carbocycles. The van der Waals surface area contributed by atoms with Crippen molar-refractivity contribution in [1.29, 1.82) is 0 Å². The van der Waals surface area contributed by atoms with E-state index in [9.17, 15) is 0 Å². The van der Waals surface area contributed by atoms with Gasteiger partial charge in [-0.3, -0.25) is 0 Å². The number of aromatic nitrogens is 3. The molecule has 3 aromatic rings. The molecule has 1 aromatic carbocycles. The molecule has 0 atom stereocenters. The van der Waals surface area contributed by atoms with Crippen molar-refractivity contribution in [1.82, 2.24) is 15.0 Å². The number of nitrogens with one attached hydrogen (secondary N) is 2. The van der Waals surface area contributed by atoms with Gasteiger partial charge in [-0.2, -0.15) is 0 Å². The van der Waals surface area contributed by atoms with Gasteiger partial charge >= 0.3 is 0 Å². The molecule has 141 valence electrons. The molecule has 0 spiro atoms. The summed E-state index contributed by atoms with van der Waals surface area (Å²) >= 11 is 0. The largest absolute Gasteiger partial charge is 0.474 e. The quantitative estimate of drug-likeness (QED) is 0.731. The van der Waals surface area contributed by atoms with Crippen LogP contribution in [0.5, 0.6) is 5.88 Å². The maximum atomic E-state index is 5.65. The lowest BCUT2D eigenvalue weighted by molar-refractivity contribution is 0.310. The molecule has 0 aliphatic carbocycles. The van der Waals surface area contributed by atoms with Crippen LogP contribution in [0.3, 0.4) is 0 Å². The van der Waals surface area contributed by atoms with E-state index >= 15 is 0 Å². The fraction of sp³-hybridized carbons (Fsp3) is 0.286. The van der Waals surface area contributed by atoms with E-state index in [2.05, 4.69) is 38.5 Å². The van der Waals surface area contributed by atoms with Gasteiger partial charge in [0.1, 0.15) is 12.3 Å². The first kappa shape index (κ1) is 16.8. The van der Waals surface area contributed by atoms with E-state index in [1.54, 1.807) is 0 Å². The third kappa shape index (κ3) is 3.09. The fourth-order valence-corrected chi connectivity index (χ4v) is 3.70. The molecule has 1 radical (unpaired) electrons. The van der Waals surface area contributed by atoms with Crippen molar-refractivity contribution in [3.8, 4) is 5.88 Å². The van der Waals surface area contributed by atoms with Gasteiger partial charge in [-0.25, -0.2) is 15.0 Å². The Kier molecular flexibility index (Phi) is 4.20. The number of hydrogen-bond donors (Lipinski definition) is 2. The Hall–Kier alpha value is -3.35. The fourth-order valence-electron chi connectivity index (χ4n) is 3.70. The summed E-state index contributed by atoms with van der Waals surface area (Å²) in [5.74, 6) is 1.30. The van der Waals surface area contributed by atoms with E-state index in [1.807, 2.05) is 36.7 Å². The number of ether oxygens (including phenoxy) is 1. The molecule has 2 aliphatic heterocycles. The zero-order chi connectivity index (χ0) is 18.9. The maximum Gasteiger partial charge on any atom is 0.237 e. The van der Waals surface area contributed by atoms with Gasteiger partial charge in [-0.05, 0) is 37.1 Å². The minimum Gasteiger partial charge on any atom is -0.474 e. The summed E-state index contributed by atoms with van der Waals surface area (Å²) in [6.45, 7) is 5.23. The van der Waals surface area contributed by atoms with Crippen molar-refractivity contribution in [3.63, 3.8) is 0 Å². The Bertz CT molecular complexity index is 1010. The monoisotopic (exact) mass is 373 g/mol. The molecule has 0 bridgehead atoms. The first-order valence-corrected chi connectivity index (χ1v) is 9.47. The summed E-state index contributed by atoms with van der Waals surface area (Å²) in [7, 11) is 0. The molecule has 0 unspecified atom stereocenters. The van der Waals surface area contributed by atoms with Crippen LogP contribution in [0.2, 0.25) is 0 Å². The number of pyridine rings is 1. The highest BCUT2D eigenvalue weighted by Gasteiger charge is 2.23. The summed E-state index contributed by atoms with van der Waals surface area (Å²) in [5.41, 5.74) is 6.46. The number of nitrogens with zero attached hydrogens (tertiary/aromatic N) is 4. The van der Waals surface area contributed by atoms with Gasteiger partial charge in [-0.15, -0.1) is 0 Å². The Labute approximate surface area is 163 Å². The molecule has 5 rings (SSSR count). The molecule has 2 N–H and O–H groups in total. The summed E-state index contributed by atoms with van der Waals surface area (Å²) < 4.78 is 5.65. The van der Waals surface area contributed by atoms with Crippen molar-refractivity contribution >= 4 is 23.0 Å². The van der Waals surface area contributed by atoms with Crippen LogP contribution < -0.4 is 20.3 Å². The average Bonchev–Trinajstić information content (AvgIpc) is 2.74. The van der Waals surface area contributed by atoms with Crippen molar-refractivity contribution in [2.45, 2.75) is 19.9 Å². The van der Waals surface area contributed by atoms with Crippen molar-refractivity contribution in [2.75, 3.05) is 35.2 Å². The summed E-state index contributed by atoms with van der Waals surface area (Å²) in [6.07, 6.45) is 4.75. The number of benzene rings is 1. The maximum absolute atomic E-state index is 5.65. The number of rotatable bonds is 3. The lowest BCUT2D eigenvalue weighted by Crippen LogP contribution is -2.32. The Balaban J connectivity index is 1.41. The predicted octanol–water partition coefficient (Wildman–Crippen LogP) is 3.09. The average molecular weight is 373 g/mol. The van der Waals surface area contributed by atoms with Gasteiger partial charge in [0.05, 0.1) is 24.1 Å². The SMILES string of the molecule is Cc1c(N2CCc3cnc(Nc4c[c]ccc4)nc3C2)cnc2c1NCCO2. The van der Waals surface area contributed by atoms with Gasteiger partial charge in [0, 0.05) is 30.5 Å². The first-order valence-electron chi connectivity index (χ1n) is 9.47. The predicted molar refractivity (Wildman–Crippen MR) is 108 cm³/mol. The van der Waals surface area contributed by atoms with Crippen LogP contribution in [0.25, 0.3) is 0 Å². The molecule has 7 heteroatoms. The second-order valence-electron chi connectivity index (χ2n) is 6.98. The van der Waals surface area contributed by atoms with Gasteiger partial charge < -0.3 is 20.3 Å². The second kappa shape index (κ2) is 6.99. The van der Waals surface area contributed by atoms with Crippen LogP contribution in [-0.4, -0.2) is 34.6 Å². The standard InChI is InChI=1S/C21H21N6O/c1-14-18(12-23-20-19(14)22-8-10-28-20)27-9-7-15-11-24-21(26-17(15)13-27)25-16-5-3-2-4-6-16/h2-3,5-6,11-12,22H,7-10,13H2,1H3,(H,24,25,26). The number of fused-ring (bicyclic) bond motifs is 2. The van der Waals surface area contributed by atoms with E-state index in [0.29, 0.717) is 18.4 Å². The van der Waals surface area contributed by atoms with E-state index in [4.69, 9.17) is 9.72 Å². The molecule has 7 nitrogen and oxygen atoms in total. The summed E-state index contributed by atoms with van der Waals surface area (Å²) in [6, 6.07) is 10.7. The highest BCUT2D eigenvalue weighted by atomic mass is 16.5. The Morgan fingerprint density at radius 3 is 3.14 bits per heavy atom. The van der Waals surface area contributed by atoms with Crippen LogP contribution in [-0.2, 0) is 13.0 Å². The topological polar surface area (TPSA) is 75.2 Å². The van der Waals surface area contributed by atoms with Crippen molar-refractivity contribution in [3.05, 3.63) is 59.5 Å². The summed E-state index contributed by atoms with van der Waals surface area (Å²) in [4.78, 5) is 16.1. The van der Waals surface area contributed by atoms with Crippen LogP contribution in [0.1, 0.15) is 16.8 Å². The first-order chi connectivity index (χ1) is 13.8. The van der Waals surface area contributed by atoms with E-state index < -0.39 is 0 Å². The normalized spacial score (nSPS) is 15.1. The Morgan fingerprint density at radius 2 is 2.25 bits per heavy atom. The second-order valence-corrected chi connectivity index (χ2v) is 6.98. The van der Waals surface area contributed by atoms with Crippen LogP contribution in [0.15, 0.2) is 36.7 Å². The van der Waals surface area contributed by atoms with Crippen LogP contribution >= 0.6 is 0 Å². The zero-order valence-electron chi connectivity index (χ0n) is 15.7. The minimum atomic E-state index is 0.607.